The zero-order chi connectivity index (χ0) is 24.7. The molecule has 0 heterocycles. The van der Waals surface area contributed by atoms with E-state index in [-0.39, 0.29) is 35.8 Å². The highest BCUT2D eigenvalue weighted by Gasteiger charge is 2.34. The van der Waals surface area contributed by atoms with E-state index in [9.17, 15) is 9.59 Å². The first-order valence-electron chi connectivity index (χ1n) is 11.2. The summed E-state index contributed by atoms with van der Waals surface area (Å²) in [7, 11) is 1.58. The number of benzene rings is 2. The van der Waals surface area contributed by atoms with Crippen LogP contribution in [0.2, 0.25) is 0 Å². The predicted octanol–water partition coefficient (Wildman–Crippen LogP) is 3.19. The number of carbonyl (C=O) groups is 2. The van der Waals surface area contributed by atoms with Gasteiger partial charge in [0.25, 0.3) is 5.91 Å². The van der Waals surface area contributed by atoms with Crippen molar-refractivity contribution < 1.29 is 29.0 Å². The van der Waals surface area contributed by atoms with Gasteiger partial charge in [-0.1, -0.05) is 23.4 Å². The van der Waals surface area contributed by atoms with Gasteiger partial charge in [0.2, 0.25) is 0 Å². The van der Waals surface area contributed by atoms with Crippen LogP contribution in [-0.2, 0) is 9.53 Å². The highest BCUT2D eigenvalue weighted by Crippen LogP contribution is 2.38. The molecule has 1 fully saturated rings. The van der Waals surface area contributed by atoms with Gasteiger partial charge in [-0.15, -0.1) is 0 Å². The minimum Gasteiger partial charge on any atom is -0.493 e. The lowest BCUT2D eigenvalue weighted by molar-refractivity contribution is -0.148. The molecule has 1 saturated carbocycles. The summed E-state index contributed by atoms with van der Waals surface area (Å²) in [5.74, 6) is 0.464. The van der Waals surface area contributed by atoms with Crippen molar-refractivity contribution in [1.29, 1.82) is 0 Å². The third kappa shape index (κ3) is 5.98. The standard InChI is InChI=1S/C25H31N3O6/c1-4-33-23-13-16(8-11-22(23)32-3)20-14-19(34-15(2)29)9-10-21(20)27-25(30)18-7-5-6-17(12-18)24(26)28-31/h5-8,11-13,19-21,31H,4,9-10,14H2,1-3H3,(H2,26,28)(H,27,30). The minimum atomic E-state index is -0.323. The second-order valence-corrected chi connectivity index (χ2v) is 8.14. The fourth-order valence-electron chi connectivity index (χ4n) is 4.34. The van der Waals surface area contributed by atoms with Gasteiger partial charge in [0.05, 0.1) is 13.7 Å². The number of ether oxygens (including phenoxy) is 3. The summed E-state index contributed by atoms with van der Waals surface area (Å²) in [6.45, 7) is 3.78. The van der Waals surface area contributed by atoms with Gasteiger partial charge in [-0.05, 0) is 56.0 Å². The van der Waals surface area contributed by atoms with E-state index in [1.165, 1.54) is 6.92 Å². The molecule has 0 bridgehead atoms. The van der Waals surface area contributed by atoms with E-state index >= 15 is 0 Å². The Bertz CT molecular complexity index is 1050. The molecule has 182 valence electrons. The number of methoxy groups -OCH3 is 1. The molecule has 9 heteroatoms. The fraction of sp³-hybridized carbons (Fsp3) is 0.400. The molecule has 0 saturated heterocycles. The number of esters is 1. The number of hydrogen-bond acceptors (Lipinski definition) is 7. The molecule has 1 aliphatic rings. The van der Waals surface area contributed by atoms with Gasteiger partial charge in [-0.2, -0.15) is 0 Å². The first kappa shape index (κ1) is 24.9. The number of carbonyl (C=O) groups excluding carboxylic acids is 2. The second kappa shape index (κ2) is 11.4. The first-order valence-corrected chi connectivity index (χ1v) is 11.2. The van der Waals surface area contributed by atoms with E-state index in [1.54, 1.807) is 31.4 Å². The Morgan fingerprint density at radius 3 is 2.59 bits per heavy atom. The summed E-state index contributed by atoms with van der Waals surface area (Å²) in [4.78, 5) is 24.7. The summed E-state index contributed by atoms with van der Waals surface area (Å²) >= 11 is 0. The van der Waals surface area contributed by atoms with Crippen LogP contribution in [0.1, 0.15) is 60.5 Å². The van der Waals surface area contributed by atoms with Crippen LogP contribution in [0.15, 0.2) is 47.6 Å². The van der Waals surface area contributed by atoms with Crippen molar-refractivity contribution in [3.05, 3.63) is 59.2 Å². The molecule has 4 N–H and O–H groups in total. The molecule has 2 aromatic carbocycles. The topological polar surface area (TPSA) is 132 Å². The van der Waals surface area contributed by atoms with Gasteiger partial charge < -0.3 is 30.5 Å². The second-order valence-electron chi connectivity index (χ2n) is 8.14. The van der Waals surface area contributed by atoms with Crippen LogP contribution in [0, 0.1) is 0 Å². The number of nitrogens with one attached hydrogen (secondary N) is 1. The fourth-order valence-corrected chi connectivity index (χ4v) is 4.34. The number of rotatable bonds is 8. The number of nitrogens with two attached hydrogens (primary N) is 1. The molecule has 3 unspecified atom stereocenters. The van der Waals surface area contributed by atoms with Crippen molar-refractivity contribution in [3.8, 4) is 11.5 Å². The first-order chi connectivity index (χ1) is 16.4. The molecule has 34 heavy (non-hydrogen) atoms. The summed E-state index contributed by atoms with van der Waals surface area (Å²) in [6.07, 6.45) is 1.59. The SMILES string of the molecule is CCOc1cc(C2CC(OC(C)=O)CCC2NC(=O)c2cccc(/C(N)=N/O)c2)ccc1OC. The van der Waals surface area contributed by atoms with E-state index in [1.807, 2.05) is 25.1 Å². The maximum Gasteiger partial charge on any atom is 0.302 e. The quantitative estimate of drug-likeness (QED) is 0.178. The van der Waals surface area contributed by atoms with Gasteiger partial charge in [-0.25, -0.2) is 0 Å². The van der Waals surface area contributed by atoms with E-state index in [0.29, 0.717) is 48.5 Å². The van der Waals surface area contributed by atoms with Crippen molar-refractivity contribution in [1.82, 2.24) is 5.32 Å². The molecule has 2 aromatic rings. The van der Waals surface area contributed by atoms with Crippen LogP contribution in [0.3, 0.4) is 0 Å². The zero-order valence-electron chi connectivity index (χ0n) is 19.6. The van der Waals surface area contributed by atoms with Crippen LogP contribution in [-0.4, -0.2) is 48.8 Å². The third-order valence-corrected chi connectivity index (χ3v) is 5.90. The van der Waals surface area contributed by atoms with Crippen LogP contribution in [0.5, 0.6) is 11.5 Å². The van der Waals surface area contributed by atoms with Gasteiger partial charge in [-0.3, -0.25) is 9.59 Å². The van der Waals surface area contributed by atoms with Crippen molar-refractivity contribution in [2.24, 2.45) is 10.9 Å². The zero-order valence-corrected chi connectivity index (χ0v) is 19.6. The maximum atomic E-state index is 13.1. The molecule has 3 atom stereocenters. The van der Waals surface area contributed by atoms with Crippen molar-refractivity contribution in [3.63, 3.8) is 0 Å². The van der Waals surface area contributed by atoms with Crippen molar-refractivity contribution >= 4 is 17.7 Å². The number of oxime groups is 1. The van der Waals surface area contributed by atoms with Gasteiger partial charge in [0.1, 0.15) is 6.10 Å². The Balaban J connectivity index is 1.88. The van der Waals surface area contributed by atoms with E-state index in [2.05, 4.69) is 10.5 Å². The third-order valence-electron chi connectivity index (χ3n) is 5.90. The highest BCUT2D eigenvalue weighted by molar-refractivity contribution is 6.01. The van der Waals surface area contributed by atoms with Gasteiger partial charge in [0, 0.05) is 30.0 Å². The molecule has 0 spiro atoms. The average Bonchev–Trinajstić information content (AvgIpc) is 2.84. The normalized spacial score (nSPS) is 20.3. The largest absolute Gasteiger partial charge is 0.493 e. The maximum absolute atomic E-state index is 13.1. The van der Waals surface area contributed by atoms with Crippen molar-refractivity contribution in [2.45, 2.75) is 51.2 Å². The molecule has 9 nitrogen and oxygen atoms in total. The predicted molar refractivity (Wildman–Crippen MR) is 127 cm³/mol. The lowest BCUT2D eigenvalue weighted by Gasteiger charge is -2.36. The number of hydrogen-bond donors (Lipinski definition) is 3. The lowest BCUT2D eigenvalue weighted by atomic mass is 9.78. The van der Waals surface area contributed by atoms with Crippen LogP contribution in [0.4, 0.5) is 0 Å². The molecule has 0 aliphatic heterocycles. The van der Waals surface area contributed by atoms with Gasteiger partial charge in [0.15, 0.2) is 17.3 Å². The van der Waals surface area contributed by atoms with E-state index < -0.39 is 0 Å². The Hall–Kier alpha value is -3.75. The molecular weight excluding hydrogens is 438 g/mol. The monoisotopic (exact) mass is 469 g/mol. The number of nitrogens with zero attached hydrogens (tertiary/aromatic N) is 1. The van der Waals surface area contributed by atoms with Crippen molar-refractivity contribution in [2.75, 3.05) is 13.7 Å². The molecular formula is C25H31N3O6. The lowest BCUT2D eigenvalue weighted by Crippen LogP contribution is -2.44. The van der Waals surface area contributed by atoms with E-state index in [4.69, 9.17) is 25.2 Å². The minimum absolute atomic E-state index is 0.0731. The Morgan fingerprint density at radius 1 is 1.15 bits per heavy atom. The van der Waals surface area contributed by atoms with E-state index in [0.717, 1.165) is 5.56 Å². The smallest absolute Gasteiger partial charge is 0.302 e. The molecule has 3 rings (SSSR count). The Morgan fingerprint density at radius 2 is 1.91 bits per heavy atom. The van der Waals surface area contributed by atoms with Crippen LogP contribution >= 0.6 is 0 Å². The Kier molecular flexibility index (Phi) is 8.34. The highest BCUT2D eigenvalue weighted by atomic mass is 16.5. The molecule has 1 aliphatic carbocycles. The van der Waals surface area contributed by atoms with Crippen LogP contribution in [0.25, 0.3) is 0 Å². The number of amidine groups is 1. The Labute approximate surface area is 198 Å². The molecule has 0 aromatic heterocycles. The summed E-state index contributed by atoms with van der Waals surface area (Å²) < 4.78 is 16.6. The summed E-state index contributed by atoms with van der Waals surface area (Å²) in [6, 6.07) is 12.1. The number of amides is 1. The summed E-state index contributed by atoms with van der Waals surface area (Å²) in [5, 5.41) is 15.1. The summed E-state index contributed by atoms with van der Waals surface area (Å²) in [5.41, 5.74) is 7.47. The molecule has 1 amide bonds. The van der Waals surface area contributed by atoms with Gasteiger partial charge >= 0.3 is 5.97 Å². The van der Waals surface area contributed by atoms with Crippen LogP contribution < -0.4 is 20.5 Å². The molecule has 0 radical (unpaired) electrons. The average molecular weight is 470 g/mol.